The molecule has 0 spiro atoms. The average molecular weight is 290 g/mol. The summed E-state index contributed by atoms with van der Waals surface area (Å²) < 4.78 is 5.18. The van der Waals surface area contributed by atoms with Gasteiger partial charge in [-0.2, -0.15) is 11.8 Å². The van der Waals surface area contributed by atoms with Crippen LogP contribution in [0.15, 0.2) is 30.3 Å². The first-order valence-corrected chi connectivity index (χ1v) is 7.82. The smallest absolute Gasteiger partial charge is 0.405 e. The van der Waals surface area contributed by atoms with Gasteiger partial charge >= 0.3 is 6.09 Å². The van der Waals surface area contributed by atoms with Crippen molar-refractivity contribution in [1.82, 2.24) is 4.98 Å². The van der Waals surface area contributed by atoms with E-state index < -0.39 is 6.09 Å². The van der Waals surface area contributed by atoms with E-state index in [0.29, 0.717) is 6.42 Å². The van der Waals surface area contributed by atoms with Crippen LogP contribution in [0.5, 0.6) is 0 Å². The van der Waals surface area contributed by atoms with Gasteiger partial charge in [-0.1, -0.05) is 18.2 Å². The highest BCUT2D eigenvalue weighted by atomic mass is 32.2. The number of carbonyl (C=O) groups is 1. The molecule has 0 aliphatic heterocycles. The van der Waals surface area contributed by atoms with E-state index in [1.54, 1.807) is 11.8 Å². The number of hydrogen-bond acceptors (Lipinski definition) is 4. The standard InChI is InChI=1S/C15H18N2O2S/c1-10-4-3-5-12-11(10)6-7-13(17-12)14(8-9-20-2)19-15(16)18/h3-7,14H,8-9H2,1-2H3,(H2,16,18). The fourth-order valence-corrected chi connectivity index (χ4v) is 2.59. The molecule has 1 aromatic carbocycles. The van der Waals surface area contributed by atoms with Crippen LogP contribution in [0.1, 0.15) is 23.8 Å². The molecule has 20 heavy (non-hydrogen) atoms. The molecule has 1 aromatic heterocycles. The van der Waals surface area contributed by atoms with E-state index in [-0.39, 0.29) is 6.10 Å². The van der Waals surface area contributed by atoms with Crippen molar-refractivity contribution >= 4 is 28.8 Å². The van der Waals surface area contributed by atoms with Gasteiger partial charge in [0.1, 0.15) is 6.10 Å². The van der Waals surface area contributed by atoms with Crippen molar-refractivity contribution in [2.75, 3.05) is 12.0 Å². The molecule has 0 bridgehead atoms. The van der Waals surface area contributed by atoms with Gasteiger partial charge in [0.15, 0.2) is 0 Å². The summed E-state index contributed by atoms with van der Waals surface area (Å²) in [6.07, 6.45) is 1.57. The summed E-state index contributed by atoms with van der Waals surface area (Å²) in [6, 6.07) is 9.91. The summed E-state index contributed by atoms with van der Waals surface area (Å²) >= 11 is 1.70. The van der Waals surface area contributed by atoms with E-state index in [1.807, 2.05) is 30.5 Å². The molecule has 1 amide bonds. The minimum absolute atomic E-state index is 0.384. The Morgan fingerprint density at radius 3 is 2.90 bits per heavy atom. The largest absolute Gasteiger partial charge is 0.440 e. The molecule has 0 aliphatic rings. The molecular formula is C15H18N2O2S. The normalized spacial score (nSPS) is 12.3. The molecule has 2 aromatic rings. The van der Waals surface area contributed by atoms with Crippen LogP contribution in [0.25, 0.3) is 10.9 Å². The number of aryl methyl sites for hydroxylation is 1. The van der Waals surface area contributed by atoms with Crippen LogP contribution in [0.3, 0.4) is 0 Å². The third-order valence-electron chi connectivity index (χ3n) is 3.14. The zero-order valence-corrected chi connectivity index (χ0v) is 12.4. The average Bonchev–Trinajstić information content (AvgIpc) is 2.43. The van der Waals surface area contributed by atoms with Gasteiger partial charge in [-0.15, -0.1) is 0 Å². The molecule has 0 aliphatic carbocycles. The van der Waals surface area contributed by atoms with Crippen molar-refractivity contribution in [3.8, 4) is 0 Å². The van der Waals surface area contributed by atoms with Crippen LogP contribution in [0, 0.1) is 6.92 Å². The fraction of sp³-hybridized carbons (Fsp3) is 0.333. The van der Waals surface area contributed by atoms with Gasteiger partial charge in [0.25, 0.3) is 0 Å². The van der Waals surface area contributed by atoms with Crippen molar-refractivity contribution in [3.63, 3.8) is 0 Å². The molecule has 1 atom stereocenters. The van der Waals surface area contributed by atoms with Gasteiger partial charge in [0, 0.05) is 5.39 Å². The molecule has 2 rings (SSSR count). The lowest BCUT2D eigenvalue weighted by molar-refractivity contribution is 0.103. The van der Waals surface area contributed by atoms with E-state index in [2.05, 4.69) is 18.0 Å². The van der Waals surface area contributed by atoms with Crippen LogP contribution < -0.4 is 5.73 Å². The number of benzene rings is 1. The van der Waals surface area contributed by atoms with Crippen molar-refractivity contribution in [1.29, 1.82) is 0 Å². The number of amides is 1. The van der Waals surface area contributed by atoms with Crippen molar-refractivity contribution in [2.24, 2.45) is 5.73 Å². The van der Waals surface area contributed by atoms with Gasteiger partial charge in [-0.25, -0.2) is 9.78 Å². The first-order valence-electron chi connectivity index (χ1n) is 6.43. The van der Waals surface area contributed by atoms with Crippen LogP contribution in [0.2, 0.25) is 0 Å². The minimum atomic E-state index is -0.762. The topological polar surface area (TPSA) is 65.2 Å². The highest BCUT2D eigenvalue weighted by Crippen LogP contribution is 2.24. The molecule has 5 heteroatoms. The SMILES string of the molecule is CSCCC(OC(N)=O)c1ccc2c(C)cccc2n1. The van der Waals surface area contributed by atoms with E-state index in [0.717, 1.165) is 22.3 Å². The van der Waals surface area contributed by atoms with Crippen molar-refractivity contribution in [3.05, 3.63) is 41.6 Å². The number of hydrogen-bond donors (Lipinski definition) is 1. The number of pyridine rings is 1. The van der Waals surface area contributed by atoms with Crippen LogP contribution in [0.4, 0.5) is 4.79 Å². The van der Waals surface area contributed by atoms with Crippen molar-refractivity contribution < 1.29 is 9.53 Å². The molecule has 0 saturated carbocycles. The van der Waals surface area contributed by atoms with Crippen LogP contribution >= 0.6 is 11.8 Å². The number of primary amides is 1. The molecule has 106 valence electrons. The number of ether oxygens (including phenoxy) is 1. The first-order chi connectivity index (χ1) is 9.61. The Kier molecular flexibility index (Phi) is 4.84. The number of thioether (sulfide) groups is 1. The Morgan fingerprint density at radius 2 is 2.20 bits per heavy atom. The molecule has 0 saturated heterocycles. The molecule has 0 radical (unpaired) electrons. The minimum Gasteiger partial charge on any atom is -0.440 e. The van der Waals surface area contributed by atoms with Crippen LogP contribution in [-0.4, -0.2) is 23.1 Å². The number of aromatic nitrogens is 1. The highest BCUT2D eigenvalue weighted by molar-refractivity contribution is 7.98. The third kappa shape index (κ3) is 3.42. The van der Waals surface area contributed by atoms with E-state index >= 15 is 0 Å². The maximum atomic E-state index is 11.0. The van der Waals surface area contributed by atoms with Gasteiger partial charge in [-0.3, -0.25) is 0 Å². The maximum Gasteiger partial charge on any atom is 0.405 e. The predicted octanol–water partition coefficient (Wildman–Crippen LogP) is 3.43. The molecule has 1 heterocycles. The first kappa shape index (κ1) is 14.7. The van der Waals surface area contributed by atoms with Gasteiger partial charge in [0.05, 0.1) is 11.2 Å². The third-order valence-corrected chi connectivity index (χ3v) is 3.79. The van der Waals surface area contributed by atoms with E-state index in [9.17, 15) is 4.79 Å². The van der Waals surface area contributed by atoms with Gasteiger partial charge < -0.3 is 10.5 Å². The quantitative estimate of drug-likeness (QED) is 0.916. The summed E-state index contributed by atoms with van der Waals surface area (Å²) in [4.78, 5) is 15.6. The fourth-order valence-electron chi connectivity index (χ4n) is 2.14. The molecule has 2 N–H and O–H groups in total. The summed E-state index contributed by atoms with van der Waals surface area (Å²) in [6.45, 7) is 2.05. The summed E-state index contributed by atoms with van der Waals surface area (Å²) in [7, 11) is 0. The number of fused-ring (bicyclic) bond motifs is 1. The summed E-state index contributed by atoms with van der Waals surface area (Å²) in [5.74, 6) is 0.880. The second-order valence-electron chi connectivity index (χ2n) is 4.58. The molecular weight excluding hydrogens is 272 g/mol. The Hall–Kier alpha value is -1.75. The summed E-state index contributed by atoms with van der Waals surface area (Å²) in [5, 5.41) is 1.11. The second kappa shape index (κ2) is 6.61. The highest BCUT2D eigenvalue weighted by Gasteiger charge is 2.17. The number of carbonyl (C=O) groups excluding carboxylic acids is 1. The Bertz CT molecular complexity index is 616. The Balaban J connectivity index is 2.34. The molecule has 0 fully saturated rings. The van der Waals surface area contributed by atoms with Gasteiger partial charge in [0.2, 0.25) is 0 Å². The zero-order valence-electron chi connectivity index (χ0n) is 11.6. The summed E-state index contributed by atoms with van der Waals surface area (Å²) in [5.41, 5.74) is 7.98. The number of nitrogens with two attached hydrogens (primary N) is 1. The lowest BCUT2D eigenvalue weighted by Gasteiger charge is -2.16. The lowest BCUT2D eigenvalue weighted by atomic mass is 10.1. The van der Waals surface area contributed by atoms with Crippen molar-refractivity contribution in [2.45, 2.75) is 19.4 Å². The van der Waals surface area contributed by atoms with Crippen LogP contribution in [-0.2, 0) is 4.74 Å². The predicted molar refractivity (Wildman–Crippen MR) is 82.9 cm³/mol. The lowest BCUT2D eigenvalue weighted by Crippen LogP contribution is -2.18. The number of nitrogens with zero attached hydrogens (tertiary/aromatic N) is 1. The molecule has 1 unspecified atom stereocenters. The van der Waals surface area contributed by atoms with E-state index in [1.165, 1.54) is 5.56 Å². The Labute approximate surface area is 122 Å². The zero-order chi connectivity index (χ0) is 14.5. The number of rotatable bonds is 5. The maximum absolute atomic E-state index is 11.0. The van der Waals surface area contributed by atoms with E-state index in [4.69, 9.17) is 10.5 Å². The Morgan fingerprint density at radius 1 is 1.40 bits per heavy atom. The molecule has 4 nitrogen and oxygen atoms in total. The second-order valence-corrected chi connectivity index (χ2v) is 5.57. The van der Waals surface area contributed by atoms with Gasteiger partial charge in [-0.05, 0) is 43.0 Å². The monoisotopic (exact) mass is 290 g/mol.